The van der Waals surface area contributed by atoms with E-state index in [1.807, 2.05) is 18.2 Å². The molecule has 1 aromatic carbocycles. The van der Waals surface area contributed by atoms with Crippen LogP contribution in [0.15, 0.2) is 41.4 Å². The maximum absolute atomic E-state index is 12.7. The topological polar surface area (TPSA) is 88.3 Å². The first kappa shape index (κ1) is 14.1. The van der Waals surface area contributed by atoms with Crippen molar-refractivity contribution in [1.82, 2.24) is 4.98 Å². The van der Waals surface area contributed by atoms with E-state index < -0.39 is 10.0 Å². The molecule has 0 amide bonds. The fraction of sp³-hybridized carbons (Fsp3) is 0.154. The Balaban J connectivity index is 2.04. The smallest absolute Gasteiger partial charge is 0.265 e. The summed E-state index contributed by atoms with van der Waals surface area (Å²) in [6.07, 6.45) is 1.94. The Morgan fingerprint density at radius 3 is 2.81 bits per heavy atom. The largest absolute Gasteiger partial charge is 0.307 e. The van der Waals surface area contributed by atoms with Crippen molar-refractivity contribution in [3.05, 3.63) is 47.1 Å². The van der Waals surface area contributed by atoms with Gasteiger partial charge in [0.05, 0.1) is 10.7 Å². The lowest BCUT2D eigenvalue weighted by Crippen LogP contribution is -2.29. The second-order valence-corrected chi connectivity index (χ2v) is 6.87. The summed E-state index contributed by atoms with van der Waals surface area (Å²) in [5.74, 6) is 5.47. The monoisotopic (exact) mass is 324 g/mol. The van der Waals surface area contributed by atoms with E-state index in [0.717, 1.165) is 5.56 Å². The van der Waals surface area contributed by atoms with Crippen LogP contribution < -0.4 is 15.6 Å². The summed E-state index contributed by atoms with van der Waals surface area (Å²) < 4.78 is 26.8. The number of para-hydroxylation sites is 1. The molecule has 1 aliphatic rings. The van der Waals surface area contributed by atoms with Crippen LogP contribution in [-0.2, 0) is 16.4 Å². The van der Waals surface area contributed by atoms with Crippen molar-refractivity contribution in [1.29, 1.82) is 0 Å². The highest BCUT2D eigenvalue weighted by Crippen LogP contribution is 2.33. The third-order valence-electron chi connectivity index (χ3n) is 3.39. The van der Waals surface area contributed by atoms with E-state index in [9.17, 15) is 8.42 Å². The van der Waals surface area contributed by atoms with E-state index in [-0.39, 0.29) is 15.7 Å². The SMILES string of the molecule is NNc1ncc(S(=O)(=O)N2CCc3ccccc32)cc1Cl. The van der Waals surface area contributed by atoms with E-state index in [4.69, 9.17) is 17.4 Å². The minimum Gasteiger partial charge on any atom is -0.307 e. The Kier molecular flexibility index (Phi) is 3.48. The van der Waals surface area contributed by atoms with Gasteiger partial charge in [-0.25, -0.2) is 19.2 Å². The van der Waals surface area contributed by atoms with Gasteiger partial charge in [0.1, 0.15) is 4.90 Å². The molecule has 21 heavy (non-hydrogen) atoms. The minimum absolute atomic E-state index is 0.0446. The second kappa shape index (κ2) is 5.18. The van der Waals surface area contributed by atoms with Gasteiger partial charge in [0.15, 0.2) is 5.82 Å². The Morgan fingerprint density at radius 1 is 1.33 bits per heavy atom. The number of benzene rings is 1. The van der Waals surface area contributed by atoms with Crippen LogP contribution in [0.3, 0.4) is 0 Å². The van der Waals surface area contributed by atoms with Crippen LogP contribution in [0.2, 0.25) is 5.02 Å². The molecule has 3 rings (SSSR count). The number of hydrogen-bond acceptors (Lipinski definition) is 5. The molecular formula is C13H13ClN4O2S. The van der Waals surface area contributed by atoms with Gasteiger partial charge in [0, 0.05) is 12.7 Å². The fourth-order valence-corrected chi connectivity index (χ4v) is 4.11. The number of nitrogens with zero attached hydrogens (tertiary/aromatic N) is 2. The highest BCUT2D eigenvalue weighted by Gasteiger charge is 2.31. The third-order valence-corrected chi connectivity index (χ3v) is 5.45. The number of fused-ring (bicyclic) bond motifs is 1. The standard InChI is InChI=1S/C13H13ClN4O2S/c14-11-7-10(8-16-13(11)17-15)21(19,20)18-6-5-9-3-1-2-4-12(9)18/h1-4,7-8H,5-6,15H2,(H,16,17). The maximum atomic E-state index is 12.7. The number of hydrogen-bond donors (Lipinski definition) is 2. The number of nitrogens with two attached hydrogens (primary N) is 1. The third kappa shape index (κ3) is 2.33. The molecule has 0 unspecified atom stereocenters. The van der Waals surface area contributed by atoms with Gasteiger partial charge in [0.2, 0.25) is 0 Å². The van der Waals surface area contributed by atoms with Crippen LogP contribution >= 0.6 is 11.6 Å². The van der Waals surface area contributed by atoms with Crippen molar-refractivity contribution in [3.63, 3.8) is 0 Å². The Morgan fingerprint density at radius 2 is 2.10 bits per heavy atom. The number of anilines is 2. The second-order valence-electron chi connectivity index (χ2n) is 4.60. The molecule has 0 saturated carbocycles. The molecule has 3 N–H and O–H groups in total. The molecule has 2 aromatic rings. The summed E-state index contributed by atoms with van der Waals surface area (Å²) >= 11 is 5.95. The van der Waals surface area contributed by atoms with Crippen molar-refractivity contribution < 1.29 is 8.42 Å². The zero-order valence-electron chi connectivity index (χ0n) is 11.0. The molecule has 1 aromatic heterocycles. The summed E-state index contributed by atoms with van der Waals surface area (Å²) in [5, 5.41) is 0.158. The van der Waals surface area contributed by atoms with Crippen LogP contribution in [0, 0.1) is 0 Å². The molecule has 0 fully saturated rings. The van der Waals surface area contributed by atoms with Crippen molar-refractivity contribution in [3.8, 4) is 0 Å². The number of halogens is 1. The molecule has 0 bridgehead atoms. The van der Waals surface area contributed by atoms with Crippen molar-refractivity contribution >= 4 is 33.1 Å². The molecule has 0 radical (unpaired) electrons. The average Bonchev–Trinajstić information content (AvgIpc) is 2.91. The van der Waals surface area contributed by atoms with Gasteiger partial charge in [-0.05, 0) is 24.1 Å². The van der Waals surface area contributed by atoms with Gasteiger partial charge in [0.25, 0.3) is 10.0 Å². The van der Waals surface area contributed by atoms with Crippen molar-refractivity contribution in [2.45, 2.75) is 11.3 Å². The van der Waals surface area contributed by atoms with Gasteiger partial charge < -0.3 is 5.43 Å². The van der Waals surface area contributed by atoms with E-state index in [2.05, 4.69) is 10.4 Å². The number of nitrogen functional groups attached to an aromatic ring is 1. The number of nitrogens with one attached hydrogen (secondary N) is 1. The summed E-state index contributed by atoms with van der Waals surface area (Å²) in [5.41, 5.74) is 4.03. The van der Waals surface area contributed by atoms with Crippen molar-refractivity contribution in [2.24, 2.45) is 5.84 Å². The zero-order valence-corrected chi connectivity index (χ0v) is 12.5. The van der Waals surface area contributed by atoms with Gasteiger partial charge in [-0.15, -0.1) is 0 Å². The molecule has 8 heteroatoms. The van der Waals surface area contributed by atoms with Crippen LogP contribution in [-0.4, -0.2) is 19.9 Å². The predicted molar refractivity (Wildman–Crippen MR) is 81.7 cm³/mol. The molecule has 110 valence electrons. The lowest BCUT2D eigenvalue weighted by atomic mass is 10.2. The fourth-order valence-electron chi connectivity index (χ4n) is 2.35. The summed E-state index contributed by atoms with van der Waals surface area (Å²) in [6, 6.07) is 8.79. The van der Waals surface area contributed by atoms with E-state index in [1.165, 1.54) is 16.6 Å². The van der Waals surface area contributed by atoms with Gasteiger partial charge in [-0.1, -0.05) is 29.8 Å². The molecule has 0 aliphatic carbocycles. The lowest BCUT2D eigenvalue weighted by molar-refractivity contribution is 0.592. The minimum atomic E-state index is -3.68. The first-order valence-electron chi connectivity index (χ1n) is 6.27. The number of pyridine rings is 1. The van der Waals surface area contributed by atoms with Crippen LogP contribution in [0.1, 0.15) is 5.56 Å². The number of rotatable bonds is 3. The van der Waals surface area contributed by atoms with Gasteiger partial charge in [-0.2, -0.15) is 0 Å². The highest BCUT2D eigenvalue weighted by molar-refractivity contribution is 7.92. The normalized spacial score (nSPS) is 14.1. The summed E-state index contributed by atoms with van der Waals surface area (Å²) in [7, 11) is -3.68. The summed E-state index contributed by atoms with van der Waals surface area (Å²) in [4.78, 5) is 3.96. The predicted octanol–water partition coefficient (Wildman–Crippen LogP) is 1.77. The number of sulfonamides is 1. The molecule has 0 atom stereocenters. The first-order chi connectivity index (χ1) is 10.0. The zero-order chi connectivity index (χ0) is 15.0. The first-order valence-corrected chi connectivity index (χ1v) is 8.08. The lowest BCUT2D eigenvalue weighted by Gasteiger charge is -2.19. The van der Waals surface area contributed by atoms with E-state index in [0.29, 0.717) is 18.7 Å². The van der Waals surface area contributed by atoms with Gasteiger partial charge in [-0.3, -0.25) is 4.31 Å². The molecule has 2 heterocycles. The Hall–Kier alpha value is -1.83. The van der Waals surface area contributed by atoms with E-state index >= 15 is 0 Å². The van der Waals surface area contributed by atoms with Crippen LogP contribution in [0.25, 0.3) is 0 Å². The molecular weight excluding hydrogens is 312 g/mol. The summed E-state index contributed by atoms with van der Waals surface area (Å²) in [6.45, 7) is 0.413. The number of aromatic nitrogens is 1. The average molecular weight is 325 g/mol. The molecule has 6 nitrogen and oxygen atoms in total. The quantitative estimate of drug-likeness (QED) is 0.663. The molecule has 1 aliphatic heterocycles. The molecule has 0 saturated heterocycles. The number of hydrazine groups is 1. The van der Waals surface area contributed by atoms with Gasteiger partial charge >= 0.3 is 0 Å². The Bertz CT molecular complexity index is 795. The Labute approximate surface area is 127 Å². The van der Waals surface area contributed by atoms with Crippen LogP contribution in [0.5, 0.6) is 0 Å². The van der Waals surface area contributed by atoms with E-state index in [1.54, 1.807) is 6.07 Å². The highest BCUT2D eigenvalue weighted by atomic mass is 35.5. The van der Waals surface area contributed by atoms with Crippen LogP contribution in [0.4, 0.5) is 11.5 Å². The molecule has 0 spiro atoms. The van der Waals surface area contributed by atoms with Crippen molar-refractivity contribution in [2.75, 3.05) is 16.3 Å². The maximum Gasteiger partial charge on any atom is 0.265 e.